The van der Waals surface area contributed by atoms with Gasteiger partial charge in [-0.1, -0.05) is 30.3 Å². The second-order valence-corrected chi connectivity index (χ2v) is 10.7. The van der Waals surface area contributed by atoms with Crippen molar-refractivity contribution in [3.05, 3.63) is 90.6 Å². The lowest BCUT2D eigenvalue weighted by molar-refractivity contribution is 0.384. The minimum absolute atomic E-state index is 0.192. The molecule has 0 aliphatic carbocycles. The standard InChI is InChI=1S/C26H27FN8O2S/c1-19(20-7-9-21(27)10-8-20)30-26-32-23(31-24-18-28-11-12-29-24)17-25(33-26)34-13-15-35(16-14-34)38(36,37)22-5-3-2-4-6-22/h2-12,17-19H,13-16H2,1H3,(H2,29,30,31,32,33)/t19-/m0/s1. The Balaban J connectivity index is 1.37. The minimum atomic E-state index is -3.57. The second kappa shape index (κ2) is 11.1. The third-order valence-corrected chi connectivity index (χ3v) is 8.10. The first-order valence-corrected chi connectivity index (χ1v) is 13.6. The molecule has 0 radical (unpaired) electrons. The number of piperazine rings is 1. The van der Waals surface area contributed by atoms with Gasteiger partial charge in [0.2, 0.25) is 16.0 Å². The number of nitrogens with zero attached hydrogens (tertiary/aromatic N) is 6. The first kappa shape index (κ1) is 25.5. The minimum Gasteiger partial charge on any atom is -0.354 e. The molecular weight excluding hydrogens is 507 g/mol. The van der Waals surface area contributed by atoms with E-state index in [0.29, 0.717) is 49.6 Å². The molecule has 196 valence electrons. The molecule has 1 aliphatic rings. The zero-order chi connectivity index (χ0) is 26.5. The fraction of sp³-hybridized carbons (Fsp3) is 0.231. The van der Waals surface area contributed by atoms with E-state index in [1.54, 1.807) is 67.1 Å². The van der Waals surface area contributed by atoms with Gasteiger partial charge in [-0.05, 0) is 36.8 Å². The summed E-state index contributed by atoms with van der Waals surface area (Å²) >= 11 is 0. The van der Waals surface area contributed by atoms with Crippen LogP contribution in [0.2, 0.25) is 0 Å². The lowest BCUT2D eigenvalue weighted by atomic mass is 10.1. The van der Waals surface area contributed by atoms with Gasteiger partial charge in [0.1, 0.15) is 23.3 Å². The molecule has 1 fully saturated rings. The van der Waals surface area contributed by atoms with Gasteiger partial charge in [-0.15, -0.1) is 0 Å². The van der Waals surface area contributed by atoms with Gasteiger partial charge in [0.15, 0.2) is 0 Å². The van der Waals surface area contributed by atoms with E-state index in [2.05, 4.69) is 25.6 Å². The monoisotopic (exact) mass is 534 g/mol. The number of benzene rings is 2. The molecule has 5 rings (SSSR count). The summed E-state index contributed by atoms with van der Waals surface area (Å²) in [5.74, 6) is 1.72. The van der Waals surface area contributed by atoms with Crippen LogP contribution >= 0.6 is 0 Å². The largest absolute Gasteiger partial charge is 0.354 e. The highest BCUT2D eigenvalue weighted by Crippen LogP contribution is 2.26. The van der Waals surface area contributed by atoms with Crippen molar-refractivity contribution in [1.82, 2.24) is 24.2 Å². The molecule has 0 saturated carbocycles. The molecule has 0 bridgehead atoms. The van der Waals surface area contributed by atoms with E-state index in [1.165, 1.54) is 16.4 Å². The van der Waals surface area contributed by atoms with Crippen LogP contribution in [0.25, 0.3) is 0 Å². The molecule has 1 saturated heterocycles. The summed E-state index contributed by atoms with van der Waals surface area (Å²) in [5.41, 5.74) is 0.878. The van der Waals surface area contributed by atoms with Gasteiger partial charge in [-0.2, -0.15) is 14.3 Å². The second-order valence-electron chi connectivity index (χ2n) is 8.77. The van der Waals surface area contributed by atoms with Crippen LogP contribution in [-0.2, 0) is 10.0 Å². The molecule has 0 amide bonds. The van der Waals surface area contributed by atoms with Gasteiger partial charge in [0.25, 0.3) is 0 Å². The Morgan fingerprint density at radius 3 is 2.34 bits per heavy atom. The number of halogens is 1. The fourth-order valence-corrected chi connectivity index (χ4v) is 5.59. The van der Waals surface area contributed by atoms with Gasteiger partial charge in [0.05, 0.1) is 17.1 Å². The van der Waals surface area contributed by atoms with Crippen molar-refractivity contribution in [2.75, 3.05) is 41.7 Å². The lowest BCUT2D eigenvalue weighted by Crippen LogP contribution is -2.49. The van der Waals surface area contributed by atoms with E-state index in [0.717, 1.165) is 5.56 Å². The molecule has 12 heteroatoms. The smallest absolute Gasteiger partial charge is 0.243 e. The Bertz CT molecular complexity index is 1470. The summed E-state index contributed by atoms with van der Waals surface area (Å²) in [7, 11) is -3.57. The van der Waals surface area contributed by atoms with E-state index in [9.17, 15) is 12.8 Å². The maximum absolute atomic E-state index is 13.4. The molecule has 0 unspecified atom stereocenters. The molecule has 1 atom stereocenters. The van der Waals surface area contributed by atoms with Gasteiger partial charge in [-0.3, -0.25) is 4.98 Å². The van der Waals surface area contributed by atoms with Gasteiger partial charge in [0, 0.05) is 44.6 Å². The summed E-state index contributed by atoms with van der Waals surface area (Å²) in [6.45, 7) is 3.50. The third-order valence-electron chi connectivity index (χ3n) is 6.19. The Labute approximate surface area is 220 Å². The average molecular weight is 535 g/mol. The highest BCUT2D eigenvalue weighted by atomic mass is 32.2. The summed E-state index contributed by atoms with van der Waals surface area (Å²) < 4.78 is 41.0. The number of anilines is 4. The van der Waals surface area contributed by atoms with Gasteiger partial charge < -0.3 is 15.5 Å². The van der Waals surface area contributed by atoms with Gasteiger partial charge in [-0.25, -0.2) is 17.8 Å². The topological polar surface area (TPSA) is 116 Å². The number of hydrogen-bond donors (Lipinski definition) is 2. The van der Waals surface area contributed by atoms with Crippen LogP contribution in [0.5, 0.6) is 0 Å². The number of nitrogens with one attached hydrogen (secondary N) is 2. The van der Waals surface area contributed by atoms with Crippen molar-refractivity contribution in [3.8, 4) is 0 Å². The SMILES string of the molecule is C[C@H](Nc1nc(Nc2cnccn2)cc(N2CCN(S(=O)(=O)c3ccccc3)CC2)n1)c1ccc(F)cc1. The number of rotatable bonds is 8. The van der Waals surface area contributed by atoms with E-state index < -0.39 is 10.0 Å². The average Bonchev–Trinajstić information content (AvgIpc) is 2.94. The highest BCUT2D eigenvalue weighted by Gasteiger charge is 2.29. The van der Waals surface area contributed by atoms with Crippen molar-refractivity contribution in [1.29, 1.82) is 0 Å². The highest BCUT2D eigenvalue weighted by molar-refractivity contribution is 7.89. The van der Waals surface area contributed by atoms with Crippen LogP contribution in [0.4, 0.5) is 27.8 Å². The number of sulfonamides is 1. The maximum Gasteiger partial charge on any atom is 0.243 e. The van der Waals surface area contributed by atoms with E-state index in [4.69, 9.17) is 4.98 Å². The van der Waals surface area contributed by atoms with E-state index in [-0.39, 0.29) is 16.8 Å². The van der Waals surface area contributed by atoms with Crippen LogP contribution in [-0.4, -0.2) is 58.8 Å². The Kier molecular flexibility index (Phi) is 7.43. The van der Waals surface area contributed by atoms with Crippen molar-refractivity contribution < 1.29 is 12.8 Å². The van der Waals surface area contributed by atoms with E-state index >= 15 is 0 Å². The first-order valence-electron chi connectivity index (χ1n) is 12.1. The quantitative estimate of drug-likeness (QED) is 0.348. The lowest BCUT2D eigenvalue weighted by Gasteiger charge is -2.35. The zero-order valence-electron chi connectivity index (χ0n) is 20.7. The molecule has 3 heterocycles. The summed E-state index contributed by atoms with van der Waals surface area (Å²) in [5, 5.41) is 6.44. The fourth-order valence-electron chi connectivity index (χ4n) is 4.15. The van der Waals surface area contributed by atoms with Crippen LogP contribution in [0.1, 0.15) is 18.5 Å². The zero-order valence-corrected chi connectivity index (χ0v) is 21.5. The molecule has 0 spiro atoms. The first-order chi connectivity index (χ1) is 18.4. The summed E-state index contributed by atoms with van der Waals surface area (Å²) in [4.78, 5) is 19.9. The third kappa shape index (κ3) is 5.87. The molecule has 10 nitrogen and oxygen atoms in total. The summed E-state index contributed by atoms with van der Waals surface area (Å²) in [6.07, 6.45) is 4.74. The van der Waals surface area contributed by atoms with Crippen molar-refractivity contribution >= 4 is 33.4 Å². The number of aromatic nitrogens is 4. The van der Waals surface area contributed by atoms with Crippen LogP contribution < -0.4 is 15.5 Å². The molecule has 38 heavy (non-hydrogen) atoms. The predicted octanol–water partition coefficient (Wildman–Crippen LogP) is 3.83. The molecule has 2 aromatic heterocycles. The molecule has 4 aromatic rings. The van der Waals surface area contributed by atoms with Crippen LogP contribution in [0, 0.1) is 5.82 Å². The Morgan fingerprint density at radius 1 is 0.921 bits per heavy atom. The van der Waals surface area contributed by atoms with Gasteiger partial charge >= 0.3 is 0 Å². The van der Waals surface area contributed by atoms with Crippen molar-refractivity contribution in [2.45, 2.75) is 17.9 Å². The van der Waals surface area contributed by atoms with Crippen LogP contribution in [0.3, 0.4) is 0 Å². The van der Waals surface area contributed by atoms with Crippen LogP contribution in [0.15, 0.2) is 84.1 Å². The molecule has 2 aromatic carbocycles. The maximum atomic E-state index is 13.4. The van der Waals surface area contributed by atoms with Crippen molar-refractivity contribution in [3.63, 3.8) is 0 Å². The molecular formula is C26H27FN8O2S. The Hall–Kier alpha value is -4.16. The number of hydrogen-bond acceptors (Lipinski definition) is 9. The molecule has 1 aliphatic heterocycles. The summed E-state index contributed by atoms with van der Waals surface area (Å²) in [6, 6.07) is 16.3. The normalized spacial score (nSPS) is 15.2. The molecule has 2 N–H and O–H groups in total. The van der Waals surface area contributed by atoms with E-state index in [1.807, 2.05) is 11.8 Å². The van der Waals surface area contributed by atoms with Crippen molar-refractivity contribution in [2.24, 2.45) is 0 Å². The Morgan fingerprint density at radius 2 is 1.66 bits per heavy atom. The predicted molar refractivity (Wildman–Crippen MR) is 143 cm³/mol.